The molecule has 1 fully saturated rings. The van der Waals surface area contributed by atoms with Crippen molar-refractivity contribution >= 4 is 16.3 Å². The van der Waals surface area contributed by atoms with Gasteiger partial charge in [0.25, 0.3) is 0 Å². The minimum Gasteiger partial charge on any atom is -0.497 e. The zero-order chi connectivity index (χ0) is 18.5. The minimum atomic E-state index is -4.06. The van der Waals surface area contributed by atoms with Crippen LogP contribution in [0.3, 0.4) is 0 Å². The van der Waals surface area contributed by atoms with E-state index < -0.39 is 16.3 Å². The number of rotatable bonds is 7. The van der Waals surface area contributed by atoms with Crippen LogP contribution in [0.1, 0.15) is 37.7 Å². The van der Waals surface area contributed by atoms with Gasteiger partial charge in [0.15, 0.2) is 0 Å². The summed E-state index contributed by atoms with van der Waals surface area (Å²) in [6, 6.07) is 7.93. The number of hydrogen-bond acceptors (Lipinski definition) is 5. The van der Waals surface area contributed by atoms with E-state index in [9.17, 15) is 13.2 Å². The Balaban J connectivity index is 2.14. The molecule has 1 aromatic carbocycles. The maximum absolute atomic E-state index is 11.6. The summed E-state index contributed by atoms with van der Waals surface area (Å²) in [4.78, 5) is 10.5. The van der Waals surface area contributed by atoms with Gasteiger partial charge in [-0.05, 0) is 55.2 Å². The number of nitrogens with two attached hydrogens (primary N) is 1. The van der Waals surface area contributed by atoms with Crippen molar-refractivity contribution in [3.05, 3.63) is 29.8 Å². The van der Waals surface area contributed by atoms with E-state index in [1.807, 2.05) is 24.3 Å². The van der Waals surface area contributed by atoms with Crippen molar-refractivity contribution in [2.24, 2.45) is 5.73 Å². The fourth-order valence-electron chi connectivity index (χ4n) is 3.40. The molecule has 0 aromatic heterocycles. The molecule has 0 unspecified atom stereocenters. The van der Waals surface area contributed by atoms with Gasteiger partial charge in [-0.15, -0.1) is 0 Å². The average molecular weight is 371 g/mol. The van der Waals surface area contributed by atoms with Crippen LogP contribution in [0.5, 0.6) is 5.75 Å². The van der Waals surface area contributed by atoms with E-state index in [0.717, 1.165) is 37.0 Å². The SMILES string of the molecule is COc1cccc([C@]2(CCNS(=O)(=O)NC(=O)O)CC[C@@H](N)CC2)c1. The maximum Gasteiger partial charge on any atom is 0.419 e. The van der Waals surface area contributed by atoms with Crippen molar-refractivity contribution < 1.29 is 23.1 Å². The van der Waals surface area contributed by atoms with Crippen molar-refractivity contribution in [2.75, 3.05) is 13.7 Å². The average Bonchev–Trinajstić information content (AvgIpc) is 2.55. The van der Waals surface area contributed by atoms with Crippen LogP contribution in [-0.4, -0.2) is 39.3 Å². The van der Waals surface area contributed by atoms with Crippen LogP contribution < -0.4 is 19.9 Å². The van der Waals surface area contributed by atoms with Gasteiger partial charge in [-0.3, -0.25) is 0 Å². The Kier molecular flexibility index (Phi) is 6.26. The molecule has 1 aliphatic rings. The number of carbonyl (C=O) groups is 1. The first-order valence-corrected chi connectivity index (χ1v) is 9.65. The van der Waals surface area contributed by atoms with Gasteiger partial charge < -0.3 is 15.6 Å². The number of ether oxygens (including phenoxy) is 1. The molecule has 2 rings (SSSR count). The molecule has 1 saturated carbocycles. The maximum atomic E-state index is 11.6. The molecule has 140 valence electrons. The van der Waals surface area contributed by atoms with E-state index in [2.05, 4.69) is 4.72 Å². The molecule has 5 N–H and O–H groups in total. The van der Waals surface area contributed by atoms with Gasteiger partial charge in [0.1, 0.15) is 5.75 Å². The van der Waals surface area contributed by atoms with E-state index in [1.165, 1.54) is 4.72 Å². The second kappa shape index (κ2) is 8.03. The highest BCUT2D eigenvalue weighted by Gasteiger charge is 2.36. The van der Waals surface area contributed by atoms with Crippen LogP contribution in [0.25, 0.3) is 0 Å². The molecule has 0 atom stereocenters. The van der Waals surface area contributed by atoms with Crippen LogP contribution >= 0.6 is 0 Å². The highest BCUT2D eigenvalue weighted by atomic mass is 32.2. The third-order valence-electron chi connectivity index (χ3n) is 4.79. The number of methoxy groups -OCH3 is 1. The second-order valence-corrected chi connectivity index (χ2v) is 7.90. The van der Waals surface area contributed by atoms with E-state index >= 15 is 0 Å². The predicted molar refractivity (Wildman–Crippen MR) is 93.8 cm³/mol. The molecule has 0 spiro atoms. The third kappa shape index (κ3) is 5.32. The number of nitrogens with one attached hydrogen (secondary N) is 2. The van der Waals surface area contributed by atoms with Crippen molar-refractivity contribution in [3.63, 3.8) is 0 Å². The second-order valence-electron chi connectivity index (χ2n) is 6.40. The first kappa shape index (κ1) is 19.5. The summed E-state index contributed by atoms with van der Waals surface area (Å²) in [5.41, 5.74) is 6.91. The summed E-state index contributed by atoms with van der Waals surface area (Å²) >= 11 is 0. The molecule has 8 nitrogen and oxygen atoms in total. The molecular formula is C16H25N3O5S. The minimum absolute atomic E-state index is 0.134. The Labute approximate surface area is 147 Å². The van der Waals surface area contributed by atoms with Crippen molar-refractivity contribution in [3.8, 4) is 5.75 Å². The van der Waals surface area contributed by atoms with Gasteiger partial charge in [0.05, 0.1) is 7.11 Å². The smallest absolute Gasteiger partial charge is 0.419 e. The standard InChI is InChI=1S/C16H25N3O5S/c1-24-14-4-2-3-12(11-14)16(7-5-13(17)6-8-16)9-10-18-25(22,23)19-15(20)21/h2-4,11,13,18-19H,5-10,17H2,1H3,(H,20,21)/t13-,16-. The predicted octanol–water partition coefficient (Wildman–Crippen LogP) is 1.33. The lowest BCUT2D eigenvalue weighted by Gasteiger charge is -2.40. The molecule has 0 bridgehead atoms. The summed E-state index contributed by atoms with van der Waals surface area (Å²) in [5.74, 6) is 0.750. The monoisotopic (exact) mass is 371 g/mol. The lowest BCUT2D eigenvalue weighted by molar-refractivity contribution is 0.201. The van der Waals surface area contributed by atoms with Crippen LogP contribution in [0, 0.1) is 0 Å². The van der Waals surface area contributed by atoms with E-state index in [4.69, 9.17) is 15.6 Å². The Hall–Kier alpha value is -1.84. The molecule has 9 heteroatoms. The van der Waals surface area contributed by atoms with Gasteiger partial charge in [0, 0.05) is 12.6 Å². The van der Waals surface area contributed by atoms with Gasteiger partial charge in [-0.2, -0.15) is 13.1 Å². The third-order valence-corrected chi connectivity index (χ3v) is 5.81. The number of amides is 1. The molecule has 0 heterocycles. The lowest BCUT2D eigenvalue weighted by atomic mass is 9.66. The Morgan fingerprint density at radius 1 is 1.40 bits per heavy atom. The summed E-state index contributed by atoms with van der Waals surface area (Å²) in [7, 11) is -2.46. The molecule has 0 saturated heterocycles. The van der Waals surface area contributed by atoms with Gasteiger partial charge >= 0.3 is 16.3 Å². The number of benzene rings is 1. The quantitative estimate of drug-likeness (QED) is 0.572. The fraction of sp³-hybridized carbons (Fsp3) is 0.562. The largest absolute Gasteiger partial charge is 0.497 e. The fourth-order valence-corrected chi connectivity index (χ4v) is 4.08. The Morgan fingerprint density at radius 2 is 2.08 bits per heavy atom. The van der Waals surface area contributed by atoms with E-state index in [1.54, 1.807) is 7.11 Å². The van der Waals surface area contributed by atoms with Crippen molar-refractivity contribution in [2.45, 2.75) is 43.6 Å². The van der Waals surface area contributed by atoms with E-state index in [-0.39, 0.29) is 18.0 Å². The number of hydrogen-bond donors (Lipinski definition) is 4. The Morgan fingerprint density at radius 3 is 2.68 bits per heavy atom. The molecule has 1 aliphatic carbocycles. The molecule has 1 amide bonds. The van der Waals surface area contributed by atoms with Crippen molar-refractivity contribution in [1.29, 1.82) is 0 Å². The summed E-state index contributed by atoms with van der Waals surface area (Å²) in [6.07, 6.45) is 2.34. The molecule has 0 aliphatic heterocycles. The highest BCUT2D eigenvalue weighted by molar-refractivity contribution is 7.88. The van der Waals surface area contributed by atoms with Crippen LogP contribution in [0.2, 0.25) is 0 Å². The van der Waals surface area contributed by atoms with Gasteiger partial charge in [-0.1, -0.05) is 12.1 Å². The topological polar surface area (TPSA) is 131 Å². The molecule has 1 aromatic rings. The molecular weight excluding hydrogens is 346 g/mol. The van der Waals surface area contributed by atoms with E-state index in [0.29, 0.717) is 6.42 Å². The zero-order valence-electron chi connectivity index (χ0n) is 14.2. The van der Waals surface area contributed by atoms with Crippen LogP contribution in [0.4, 0.5) is 4.79 Å². The van der Waals surface area contributed by atoms with Gasteiger partial charge in [-0.25, -0.2) is 9.52 Å². The van der Waals surface area contributed by atoms with Gasteiger partial charge in [0.2, 0.25) is 0 Å². The van der Waals surface area contributed by atoms with Crippen LogP contribution in [-0.2, 0) is 15.6 Å². The molecule has 25 heavy (non-hydrogen) atoms. The zero-order valence-corrected chi connectivity index (χ0v) is 15.0. The summed E-state index contributed by atoms with van der Waals surface area (Å²) < 4.78 is 32.3. The first-order chi connectivity index (χ1) is 11.8. The first-order valence-electron chi connectivity index (χ1n) is 8.17. The molecule has 0 radical (unpaired) electrons. The van der Waals surface area contributed by atoms with Crippen molar-refractivity contribution in [1.82, 2.24) is 9.44 Å². The highest BCUT2D eigenvalue weighted by Crippen LogP contribution is 2.42. The number of carboxylic acid groups (broad SMARTS) is 1. The summed E-state index contributed by atoms with van der Waals surface area (Å²) in [6.45, 7) is 0.134. The lowest BCUT2D eigenvalue weighted by Crippen LogP contribution is -2.43. The Bertz CT molecular complexity index is 699. The normalized spacial score (nSPS) is 23.8. The summed E-state index contributed by atoms with van der Waals surface area (Å²) in [5, 5.41) is 8.55. The van der Waals surface area contributed by atoms with Crippen LogP contribution in [0.15, 0.2) is 24.3 Å².